The molecule has 2 aromatic carbocycles. The van der Waals surface area contributed by atoms with Crippen LogP contribution in [0.15, 0.2) is 48.5 Å². The summed E-state index contributed by atoms with van der Waals surface area (Å²) < 4.78 is 1.13. The quantitative estimate of drug-likeness (QED) is 0.696. The van der Waals surface area contributed by atoms with Crippen molar-refractivity contribution in [3.05, 3.63) is 59.7 Å². The number of aryl methyl sites for hydroxylation is 1. The van der Waals surface area contributed by atoms with E-state index in [1.807, 2.05) is 41.3 Å². The molecule has 0 saturated carbocycles. The lowest BCUT2D eigenvalue weighted by Gasteiger charge is -2.20. The van der Waals surface area contributed by atoms with Crippen LogP contribution in [0.5, 0.6) is 0 Å². The summed E-state index contributed by atoms with van der Waals surface area (Å²) in [5, 5.41) is 0.809. The van der Waals surface area contributed by atoms with Crippen LogP contribution in [0.25, 0.3) is 10.2 Å². The Kier molecular flexibility index (Phi) is 6.01. The number of fused-ring (bicyclic) bond motifs is 1. The van der Waals surface area contributed by atoms with E-state index in [9.17, 15) is 4.79 Å². The molecule has 1 heterocycles. The summed E-state index contributed by atoms with van der Waals surface area (Å²) >= 11 is 1.60. The lowest BCUT2D eigenvalue weighted by atomic mass is 10.1. The topological polar surface area (TPSA) is 37.6 Å². The molecule has 0 fully saturated rings. The second-order valence-corrected chi connectivity index (χ2v) is 7.95. The monoisotopic (exact) mass is 368 g/mol. The second kappa shape index (κ2) is 8.43. The number of para-hydroxylation sites is 1. The molecule has 0 radical (unpaired) electrons. The number of amides is 1. The van der Waals surface area contributed by atoms with Gasteiger partial charge >= 0.3 is 0 Å². The van der Waals surface area contributed by atoms with Gasteiger partial charge in [0.2, 0.25) is 5.91 Å². The third kappa shape index (κ3) is 4.48. The van der Waals surface area contributed by atoms with E-state index >= 15 is 0 Å². The number of benzene rings is 2. The molecule has 0 atom stereocenters. The molecule has 0 aliphatic carbocycles. The van der Waals surface area contributed by atoms with Crippen molar-refractivity contribution < 1.29 is 9.69 Å². The Hall–Kier alpha value is -2.24. The van der Waals surface area contributed by atoms with Crippen molar-refractivity contribution in [2.24, 2.45) is 0 Å². The fourth-order valence-corrected chi connectivity index (χ4v) is 4.06. The first-order chi connectivity index (χ1) is 12.5. The van der Waals surface area contributed by atoms with Crippen LogP contribution in [0, 0.1) is 6.92 Å². The van der Waals surface area contributed by atoms with Crippen molar-refractivity contribution in [3.63, 3.8) is 0 Å². The molecule has 1 N–H and O–H groups in total. The van der Waals surface area contributed by atoms with Crippen molar-refractivity contribution in [3.8, 4) is 0 Å². The number of aromatic nitrogens is 1. The Labute approximate surface area is 159 Å². The van der Waals surface area contributed by atoms with Gasteiger partial charge in [-0.1, -0.05) is 53.8 Å². The third-order valence-electron chi connectivity index (χ3n) is 4.40. The first kappa shape index (κ1) is 18.5. The number of rotatable bonds is 7. The van der Waals surface area contributed by atoms with Gasteiger partial charge in [-0.25, -0.2) is 4.98 Å². The summed E-state index contributed by atoms with van der Waals surface area (Å²) in [6, 6.07) is 16.1. The smallest absolute Gasteiger partial charge is 0.233 e. The van der Waals surface area contributed by atoms with E-state index in [1.54, 1.807) is 11.3 Å². The fourth-order valence-electron chi connectivity index (χ4n) is 2.97. The largest absolute Gasteiger partial charge is 0.340 e. The van der Waals surface area contributed by atoms with Crippen molar-refractivity contribution in [2.75, 3.05) is 32.1 Å². The van der Waals surface area contributed by atoms with Gasteiger partial charge in [0.15, 0.2) is 5.13 Å². The van der Waals surface area contributed by atoms with Gasteiger partial charge in [-0.15, -0.1) is 0 Å². The molecule has 1 aromatic heterocycles. The van der Waals surface area contributed by atoms with Gasteiger partial charge in [0, 0.05) is 13.0 Å². The number of carbonyl (C=O) groups is 1. The molecular formula is C21H26N3OS+. The molecule has 1 amide bonds. The molecule has 26 heavy (non-hydrogen) atoms. The summed E-state index contributed by atoms with van der Waals surface area (Å²) in [5.41, 5.74) is 3.19. The Morgan fingerprint density at radius 3 is 2.58 bits per heavy atom. The molecule has 3 rings (SSSR count). The van der Waals surface area contributed by atoms with Crippen molar-refractivity contribution in [1.29, 1.82) is 0 Å². The molecule has 0 saturated heterocycles. The average molecular weight is 369 g/mol. The number of anilines is 1. The Morgan fingerprint density at radius 1 is 1.12 bits per heavy atom. The maximum Gasteiger partial charge on any atom is 0.233 e. The maximum absolute atomic E-state index is 13.0. The number of hydrogen-bond donors (Lipinski definition) is 1. The number of nitrogens with zero attached hydrogens (tertiary/aromatic N) is 2. The number of carbonyl (C=O) groups excluding carboxylic acids is 1. The molecule has 0 spiro atoms. The Bertz CT molecular complexity index is 873. The zero-order valence-electron chi connectivity index (χ0n) is 15.7. The highest BCUT2D eigenvalue weighted by molar-refractivity contribution is 7.22. The second-order valence-electron chi connectivity index (χ2n) is 6.94. The van der Waals surface area contributed by atoms with Gasteiger partial charge in [0.25, 0.3) is 0 Å². The summed E-state index contributed by atoms with van der Waals surface area (Å²) in [4.78, 5) is 21.1. The minimum atomic E-state index is 0.113. The van der Waals surface area contributed by atoms with Crippen molar-refractivity contribution in [2.45, 2.75) is 19.8 Å². The van der Waals surface area contributed by atoms with Gasteiger partial charge < -0.3 is 4.90 Å². The number of thiazole rings is 1. The molecule has 0 aliphatic rings. The Morgan fingerprint density at radius 2 is 1.88 bits per heavy atom. The first-order valence-corrected chi connectivity index (χ1v) is 9.85. The predicted octanol–water partition coefficient (Wildman–Crippen LogP) is 2.72. The SMILES string of the molecule is Cc1cccc2sc(N(CCC[NH+](C)C)C(=O)Cc3ccccc3)nc12. The lowest BCUT2D eigenvalue weighted by molar-refractivity contribution is -0.858. The standard InChI is InChI=1S/C21H25N3OS/c1-16-9-7-12-18-20(16)22-21(26-18)24(14-8-13-23(2)3)19(25)15-17-10-5-4-6-11-17/h4-7,9-12H,8,13-15H2,1-3H3/p+1. The molecular weight excluding hydrogens is 342 g/mol. The van der Waals surface area contributed by atoms with Gasteiger partial charge in [0.05, 0.1) is 37.3 Å². The summed E-state index contributed by atoms with van der Waals surface area (Å²) in [5.74, 6) is 0.113. The molecule has 136 valence electrons. The van der Waals surface area contributed by atoms with Crippen LogP contribution in [0.4, 0.5) is 5.13 Å². The van der Waals surface area contributed by atoms with Crippen LogP contribution < -0.4 is 9.80 Å². The summed E-state index contributed by atoms with van der Waals surface area (Å²) in [6.45, 7) is 3.80. The molecule has 0 bridgehead atoms. The van der Waals surface area contributed by atoms with Gasteiger partial charge in [-0.2, -0.15) is 0 Å². The number of hydrogen-bond acceptors (Lipinski definition) is 3. The predicted molar refractivity (Wildman–Crippen MR) is 109 cm³/mol. The van der Waals surface area contributed by atoms with E-state index in [1.165, 1.54) is 4.90 Å². The van der Waals surface area contributed by atoms with Gasteiger partial charge in [-0.05, 0) is 24.1 Å². The minimum Gasteiger partial charge on any atom is -0.340 e. The molecule has 5 heteroatoms. The summed E-state index contributed by atoms with van der Waals surface area (Å²) in [6.07, 6.45) is 1.36. The van der Waals surface area contributed by atoms with Gasteiger partial charge in [0.1, 0.15) is 0 Å². The van der Waals surface area contributed by atoms with Crippen LogP contribution in [-0.4, -0.2) is 38.1 Å². The number of quaternary nitrogens is 1. The zero-order chi connectivity index (χ0) is 18.5. The van der Waals surface area contributed by atoms with E-state index in [0.29, 0.717) is 13.0 Å². The zero-order valence-corrected chi connectivity index (χ0v) is 16.5. The van der Waals surface area contributed by atoms with Crippen LogP contribution in [-0.2, 0) is 11.2 Å². The fraction of sp³-hybridized carbons (Fsp3) is 0.333. The van der Waals surface area contributed by atoms with E-state index in [-0.39, 0.29) is 5.91 Å². The van der Waals surface area contributed by atoms with Gasteiger partial charge in [-0.3, -0.25) is 9.69 Å². The van der Waals surface area contributed by atoms with E-state index in [0.717, 1.165) is 39.4 Å². The molecule has 0 unspecified atom stereocenters. The highest BCUT2D eigenvalue weighted by Gasteiger charge is 2.20. The minimum absolute atomic E-state index is 0.113. The highest BCUT2D eigenvalue weighted by Crippen LogP contribution is 2.31. The van der Waals surface area contributed by atoms with E-state index in [2.05, 4.69) is 33.2 Å². The van der Waals surface area contributed by atoms with Crippen LogP contribution in [0.3, 0.4) is 0 Å². The highest BCUT2D eigenvalue weighted by atomic mass is 32.1. The van der Waals surface area contributed by atoms with E-state index < -0.39 is 0 Å². The van der Waals surface area contributed by atoms with Crippen LogP contribution >= 0.6 is 11.3 Å². The van der Waals surface area contributed by atoms with Crippen LogP contribution in [0.2, 0.25) is 0 Å². The molecule has 0 aliphatic heterocycles. The van der Waals surface area contributed by atoms with Crippen molar-refractivity contribution >= 4 is 32.6 Å². The summed E-state index contributed by atoms with van der Waals surface area (Å²) in [7, 11) is 4.27. The molecule has 3 aromatic rings. The van der Waals surface area contributed by atoms with Crippen molar-refractivity contribution in [1.82, 2.24) is 4.98 Å². The average Bonchev–Trinajstić information content (AvgIpc) is 3.04. The lowest BCUT2D eigenvalue weighted by Crippen LogP contribution is -3.05. The van der Waals surface area contributed by atoms with Crippen LogP contribution in [0.1, 0.15) is 17.5 Å². The Balaban J connectivity index is 1.86. The third-order valence-corrected chi connectivity index (χ3v) is 5.44. The number of nitrogens with one attached hydrogen (secondary N) is 1. The first-order valence-electron chi connectivity index (χ1n) is 9.04. The molecule has 4 nitrogen and oxygen atoms in total. The maximum atomic E-state index is 13.0. The van der Waals surface area contributed by atoms with E-state index in [4.69, 9.17) is 4.98 Å². The normalized spacial score (nSPS) is 11.2.